The number of nitriles is 1. The van der Waals surface area contributed by atoms with Gasteiger partial charge in [0.25, 0.3) is 9.05 Å². The molecule has 0 unspecified atom stereocenters. The minimum Gasteiger partial charge on any atom is -0.242 e. The zero-order valence-corrected chi connectivity index (χ0v) is 8.36. The zero-order chi connectivity index (χ0) is 10.1. The van der Waals surface area contributed by atoms with Crippen molar-refractivity contribution in [1.82, 2.24) is 4.98 Å². The van der Waals surface area contributed by atoms with E-state index in [0.717, 1.165) is 6.20 Å². The van der Waals surface area contributed by atoms with Gasteiger partial charge in [-0.2, -0.15) is 5.26 Å². The number of rotatable bonds is 1. The maximum atomic E-state index is 10.8. The third-order valence-corrected chi connectivity index (χ3v) is 2.91. The SMILES string of the molecule is N#Cc1ccnc(S(=O)(=O)Cl)c1Cl. The average Bonchev–Trinajstić information content (AvgIpc) is 2.02. The normalized spacial score (nSPS) is 10.8. The summed E-state index contributed by atoms with van der Waals surface area (Å²) in [6, 6.07) is 3.01. The predicted molar refractivity (Wildman–Crippen MR) is 47.0 cm³/mol. The van der Waals surface area contributed by atoms with Crippen molar-refractivity contribution >= 4 is 31.3 Å². The van der Waals surface area contributed by atoms with Crippen molar-refractivity contribution in [2.45, 2.75) is 5.03 Å². The van der Waals surface area contributed by atoms with E-state index in [2.05, 4.69) is 4.98 Å². The molecule has 0 atom stereocenters. The molecule has 0 aromatic carbocycles. The maximum Gasteiger partial charge on any atom is 0.280 e. The molecule has 0 radical (unpaired) electrons. The fourth-order valence-corrected chi connectivity index (χ4v) is 2.12. The van der Waals surface area contributed by atoms with Crippen molar-refractivity contribution < 1.29 is 8.42 Å². The second-order valence-corrected chi connectivity index (χ2v) is 4.89. The van der Waals surface area contributed by atoms with Gasteiger partial charge in [-0.05, 0) is 6.07 Å². The number of nitrogens with zero attached hydrogens (tertiary/aromatic N) is 2. The second-order valence-electron chi connectivity index (χ2n) is 2.03. The number of hydrogen-bond donors (Lipinski definition) is 0. The van der Waals surface area contributed by atoms with Crippen LogP contribution in [0.25, 0.3) is 0 Å². The minimum absolute atomic E-state index is 0.0240. The highest BCUT2D eigenvalue weighted by molar-refractivity contribution is 8.13. The van der Waals surface area contributed by atoms with Gasteiger partial charge < -0.3 is 0 Å². The molecule has 0 amide bonds. The molecular formula is C6H2Cl2N2O2S. The van der Waals surface area contributed by atoms with Crippen LogP contribution in [0.5, 0.6) is 0 Å². The van der Waals surface area contributed by atoms with Crippen molar-refractivity contribution in [3.63, 3.8) is 0 Å². The molecule has 1 heterocycles. The molecule has 0 aliphatic rings. The summed E-state index contributed by atoms with van der Waals surface area (Å²) in [6.07, 6.45) is 1.15. The van der Waals surface area contributed by atoms with Crippen LogP contribution in [-0.4, -0.2) is 13.4 Å². The van der Waals surface area contributed by atoms with Gasteiger partial charge >= 0.3 is 0 Å². The summed E-state index contributed by atoms with van der Waals surface area (Å²) in [5.74, 6) is 0. The van der Waals surface area contributed by atoms with E-state index in [4.69, 9.17) is 27.5 Å². The van der Waals surface area contributed by atoms with E-state index >= 15 is 0 Å². The van der Waals surface area contributed by atoms with Gasteiger partial charge in [0.15, 0.2) is 5.03 Å². The molecule has 0 spiro atoms. The van der Waals surface area contributed by atoms with E-state index in [9.17, 15) is 8.42 Å². The van der Waals surface area contributed by atoms with Gasteiger partial charge in [0.05, 0.1) is 10.6 Å². The summed E-state index contributed by atoms with van der Waals surface area (Å²) in [7, 11) is 1.02. The van der Waals surface area contributed by atoms with Gasteiger partial charge in [-0.25, -0.2) is 13.4 Å². The van der Waals surface area contributed by atoms with Gasteiger partial charge in [0, 0.05) is 16.9 Å². The molecule has 0 fully saturated rings. The Hall–Kier alpha value is -0.830. The van der Waals surface area contributed by atoms with Crippen LogP contribution >= 0.6 is 22.3 Å². The molecule has 1 rings (SSSR count). The Kier molecular flexibility index (Phi) is 2.76. The zero-order valence-electron chi connectivity index (χ0n) is 6.03. The highest BCUT2D eigenvalue weighted by Crippen LogP contribution is 2.24. The summed E-state index contributed by atoms with van der Waals surface area (Å²) >= 11 is 5.54. The third kappa shape index (κ3) is 2.10. The summed E-state index contributed by atoms with van der Waals surface area (Å²) in [5.41, 5.74) is 0.0240. The van der Waals surface area contributed by atoms with Crippen LogP contribution in [0, 0.1) is 11.3 Å². The minimum atomic E-state index is -3.99. The molecule has 13 heavy (non-hydrogen) atoms. The van der Waals surface area contributed by atoms with Crippen LogP contribution in [0.2, 0.25) is 5.02 Å². The Morgan fingerprint density at radius 3 is 2.62 bits per heavy atom. The van der Waals surface area contributed by atoms with Crippen LogP contribution in [-0.2, 0) is 9.05 Å². The first-order chi connectivity index (χ1) is 5.96. The van der Waals surface area contributed by atoms with Crippen molar-refractivity contribution in [2.75, 3.05) is 0 Å². The third-order valence-electron chi connectivity index (χ3n) is 1.21. The Bertz CT molecular complexity index is 478. The van der Waals surface area contributed by atoms with Gasteiger partial charge in [0.2, 0.25) is 0 Å². The highest BCUT2D eigenvalue weighted by atomic mass is 35.7. The molecule has 0 bridgehead atoms. The first-order valence-corrected chi connectivity index (χ1v) is 5.65. The van der Waals surface area contributed by atoms with E-state index in [1.54, 1.807) is 6.07 Å². The maximum absolute atomic E-state index is 10.8. The molecule has 1 aromatic heterocycles. The Morgan fingerprint density at radius 1 is 1.54 bits per heavy atom. The lowest BCUT2D eigenvalue weighted by Gasteiger charge is -1.98. The van der Waals surface area contributed by atoms with Crippen LogP contribution in [0.1, 0.15) is 5.56 Å². The van der Waals surface area contributed by atoms with Crippen molar-refractivity contribution in [3.8, 4) is 6.07 Å². The van der Waals surface area contributed by atoms with E-state index in [-0.39, 0.29) is 10.6 Å². The molecule has 7 heteroatoms. The number of pyridine rings is 1. The van der Waals surface area contributed by atoms with Crippen LogP contribution in [0.3, 0.4) is 0 Å². The summed E-state index contributed by atoms with van der Waals surface area (Å²) in [4.78, 5) is 3.46. The standard InChI is InChI=1S/C6H2Cl2N2O2S/c7-5-4(3-9)1-2-10-6(5)13(8,11)12/h1-2H. The van der Waals surface area contributed by atoms with Gasteiger partial charge in [0.1, 0.15) is 6.07 Å². The lowest BCUT2D eigenvalue weighted by atomic mass is 10.3. The molecular weight excluding hydrogens is 235 g/mol. The quantitative estimate of drug-likeness (QED) is 0.694. The van der Waals surface area contributed by atoms with E-state index in [0.29, 0.717) is 0 Å². The lowest BCUT2D eigenvalue weighted by Crippen LogP contribution is -1.97. The van der Waals surface area contributed by atoms with Gasteiger partial charge in [-0.15, -0.1) is 0 Å². The van der Waals surface area contributed by atoms with E-state index < -0.39 is 14.1 Å². The molecule has 0 N–H and O–H groups in total. The van der Waals surface area contributed by atoms with Crippen LogP contribution in [0.4, 0.5) is 0 Å². The van der Waals surface area contributed by atoms with E-state index in [1.165, 1.54) is 6.07 Å². The number of hydrogen-bond acceptors (Lipinski definition) is 4. The van der Waals surface area contributed by atoms with Gasteiger partial charge in [-0.1, -0.05) is 11.6 Å². The molecule has 68 valence electrons. The summed E-state index contributed by atoms with van der Waals surface area (Å²) in [5, 5.41) is 7.77. The predicted octanol–water partition coefficient (Wildman–Crippen LogP) is 1.53. The first kappa shape index (κ1) is 10.3. The molecule has 0 aliphatic carbocycles. The molecule has 0 aliphatic heterocycles. The lowest BCUT2D eigenvalue weighted by molar-refractivity contribution is 0.606. The van der Waals surface area contributed by atoms with Crippen molar-refractivity contribution in [2.24, 2.45) is 0 Å². The fourth-order valence-electron chi connectivity index (χ4n) is 0.681. The summed E-state index contributed by atoms with van der Waals surface area (Å²) in [6.45, 7) is 0. The largest absolute Gasteiger partial charge is 0.280 e. The molecule has 1 aromatic rings. The Labute approximate surface area is 84.1 Å². The second kappa shape index (κ2) is 3.50. The molecule has 4 nitrogen and oxygen atoms in total. The molecule has 0 saturated carbocycles. The van der Waals surface area contributed by atoms with Crippen LogP contribution < -0.4 is 0 Å². The monoisotopic (exact) mass is 236 g/mol. The molecule has 0 saturated heterocycles. The average molecular weight is 237 g/mol. The number of halogens is 2. The fraction of sp³-hybridized carbons (Fsp3) is 0. The highest BCUT2D eigenvalue weighted by Gasteiger charge is 2.18. The van der Waals surface area contributed by atoms with E-state index in [1.807, 2.05) is 0 Å². The first-order valence-electron chi connectivity index (χ1n) is 2.96. The van der Waals surface area contributed by atoms with Gasteiger partial charge in [-0.3, -0.25) is 0 Å². The smallest absolute Gasteiger partial charge is 0.242 e. The summed E-state index contributed by atoms with van der Waals surface area (Å²) < 4.78 is 21.7. The van der Waals surface area contributed by atoms with Crippen molar-refractivity contribution in [1.29, 1.82) is 5.26 Å². The topological polar surface area (TPSA) is 70.8 Å². The number of aromatic nitrogens is 1. The Morgan fingerprint density at radius 2 is 2.15 bits per heavy atom. The van der Waals surface area contributed by atoms with Crippen molar-refractivity contribution in [3.05, 3.63) is 22.8 Å². The van der Waals surface area contributed by atoms with Crippen LogP contribution in [0.15, 0.2) is 17.3 Å². The Balaban J connectivity index is 3.53.